The molecule has 12 nitrogen and oxygen atoms in total. The summed E-state index contributed by atoms with van der Waals surface area (Å²) in [6, 6.07) is 3.17. The number of benzene rings is 1. The maximum atomic E-state index is 15.6. The maximum Gasteiger partial charge on any atom is 0.301 e. The predicted molar refractivity (Wildman–Crippen MR) is 163 cm³/mol. The molecule has 2 fully saturated rings. The third-order valence-corrected chi connectivity index (χ3v) is 9.04. The van der Waals surface area contributed by atoms with Crippen molar-refractivity contribution < 1.29 is 26.4 Å². The second-order valence-corrected chi connectivity index (χ2v) is 12.3. The number of carbonyl (C=O) groups excluding carboxylic acids is 1. The lowest BCUT2D eigenvalue weighted by Gasteiger charge is -2.23. The number of piperidine rings is 1. The smallest absolute Gasteiger partial charge is 0.301 e. The fourth-order valence-electron chi connectivity index (χ4n) is 5.21. The van der Waals surface area contributed by atoms with Gasteiger partial charge in [-0.1, -0.05) is 0 Å². The van der Waals surface area contributed by atoms with E-state index in [4.69, 9.17) is 0 Å². The van der Waals surface area contributed by atoms with Gasteiger partial charge in [0.05, 0.1) is 16.8 Å². The summed E-state index contributed by atoms with van der Waals surface area (Å²) < 4.78 is 73.3. The average molecular weight is 659 g/mol. The van der Waals surface area contributed by atoms with Crippen LogP contribution < -0.4 is 26.2 Å². The van der Waals surface area contributed by atoms with E-state index in [-0.39, 0.29) is 61.0 Å². The van der Waals surface area contributed by atoms with Crippen LogP contribution in [0, 0.1) is 11.6 Å². The number of rotatable bonds is 10. The Kier molecular flexibility index (Phi) is 10.7. The Morgan fingerprint density at radius 2 is 1.93 bits per heavy atom. The van der Waals surface area contributed by atoms with Gasteiger partial charge in [-0.25, -0.2) is 18.2 Å². The summed E-state index contributed by atoms with van der Waals surface area (Å²) in [6.07, 6.45) is 2.73. The van der Waals surface area contributed by atoms with Gasteiger partial charge in [-0.3, -0.25) is 18.9 Å². The first-order chi connectivity index (χ1) is 20.5. The zero-order valence-electron chi connectivity index (χ0n) is 23.9. The Bertz CT molecular complexity index is 1690. The molecular formula is C27H34ClF3N8O4S. The van der Waals surface area contributed by atoms with Crippen molar-refractivity contribution in [1.29, 1.82) is 0 Å². The number of aryl methyl sites for hydroxylation is 1. The average Bonchev–Trinajstić information content (AvgIpc) is 3.43. The third-order valence-electron chi connectivity index (χ3n) is 7.55. The largest absolute Gasteiger partial charge is 0.354 e. The molecule has 4 N–H and O–H groups in total. The van der Waals surface area contributed by atoms with Crippen molar-refractivity contribution in [2.45, 2.75) is 44.3 Å². The molecule has 3 aromatic rings. The van der Waals surface area contributed by atoms with Gasteiger partial charge in [-0.05, 0) is 57.0 Å². The molecule has 0 spiro atoms. The number of hydrogen-bond acceptors (Lipinski definition) is 8. The number of amides is 1. The molecule has 4 heterocycles. The summed E-state index contributed by atoms with van der Waals surface area (Å²) in [5, 5.41) is 9.61. The van der Waals surface area contributed by atoms with Gasteiger partial charge in [-0.15, -0.1) is 12.4 Å². The Labute approximate surface area is 258 Å². The molecule has 1 aromatic carbocycles. The zero-order chi connectivity index (χ0) is 30.7. The zero-order valence-corrected chi connectivity index (χ0v) is 25.5. The molecule has 0 bridgehead atoms. The van der Waals surface area contributed by atoms with Crippen molar-refractivity contribution in [3.05, 3.63) is 46.4 Å². The van der Waals surface area contributed by atoms with Crippen LogP contribution >= 0.6 is 12.4 Å². The third kappa shape index (κ3) is 7.42. The molecule has 5 rings (SSSR count). The van der Waals surface area contributed by atoms with Gasteiger partial charge in [0.15, 0.2) is 5.82 Å². The van der Waals surface area contributed by atoms with Crippen LogP contribution in [0.3, 0.4) is 0 Å². The van der Waals surface area contributed by atoms with Gasteiger partial charge < -0.3 is 16.0 Å². The molecule has 1 amide bonds. The second-order valence-electron chi connectivity index (χ2n) is 10.7. The Hall–Kier alpha value is -3.47. The van der Waals surface area contributed by atoms with Gasteiger partial charge in [-0.2, -0.15) is 17.7 Å². The summed E-state index contributed by atoms with van der Waals surface area (Å²) in [7, 11) is -2.93. The molecule has 44 heavy (non-hydrogen) atoms. The molecule has 1 atom stereocenters. The summed E-state index contributed by atoms with van der Waals surface area (Å²) >= 11 is 0. The van der Waals surface area contributed by atoms with Gasteiger partial charge in [0.1, 0.15) is 17.6 Å². The van der Waals surface area contributed by atoms with Crippen molar-refractivity contribution in [3.63, 3.8) is 0 Å². The summed E-state index contributed by atoms with van der Waals surface area (Å²) in [4.78, 5) is 34.0. The number of pyridine rings is 1. The van der Waals surface area contributed by atoms with E-state index in [1.54, 1.807) is 0 Å². The van der Waals surface area contributed by atoms with Crippen LogP contribution in [0.5, 0.6) is 0 Å². The van der Waals surface area contributed by atoms with E-state index in [1.165, 1.54) is 19.3 Å². The van der Waals surface area contributed by atoms with Crippen LogP contribution in [0.15, 0.2) is 29.2 Å². The van der Waals surface area contributed by atoms with E-state index in [0.29, 0.717) is 24.8 Å². The quantitative estimate of drug-likeness (QED) is 0.243. The first kappa shape index (κ1) is 33.4. The molecule has 2 saturated heterocycles. The monoisotopic (exact) mass is 658 g/mol. The van der Waals surface area contributed by atoms with Crippen LogP contribution in [0.1, 0.15) is 32.1 Å². The standard InChI is InChI=1S/C27H33F3N8O4S.ClH/c1-37-25-16(14-33-27(35-25)32-9-2-3-22(39)34-18-6-10-31-11-7-18)13-19(26(37)40)23-20(29)4-5-21(24(23)30)36-43(41,42)38-12-8-17(28)15-38;/h4-5,13-14,17-18,31,36H,2-3,6-12,15H2,1H3,(H,34,39)(H,32,33,35);1H/t17-;/m1./s1. The Morgan fingerprint density at radius 3 is 2.64 bits per heavy atom. The molecule has 0 unspecified atom stereocenters. The van der Waals surface area contributed by atoms with Crippen molar-refractivity contribution >= 4 is 51.2 Å². The van der Waals surface area contributed by atoms with E-state index in [9.17, 15) is 26.8 Å². The van der Waals surface area contributed by atoms with Gasteiger partial charge >= 0.3 is 10.2 Å². The lowest BCUT2D eigenvalue weighted by atomic mass is 10.0. The van der Waals surface area contributed by atoms with Crippen molar-refractivity contribution in [2.24, 2.45) is 7.05 Å². The van der Waals surface area contributed by atoms with Crippen LogP contribution in [-0.2, 0) is 22.1 Å². The second kappa shape index (κ2) is 14.1. The molecule has 0 saturated carbocycles. The Morgan fingerprint density at radius 1 is 1.18 bits per heavy atom. The van der Waals surface area contributed by atoms with Crippen LogP contribution in [0.25, 0.3) is 22.2 Å². The predicted octanol–water partition coefficient (Wildman–Crippen LogP) is 2.46. The normalized spacial score (nSPS) is 17.8. The van der Waals surface area contributed by atoms with E-state index >= 15 is 4.39 Å². The summed E-state index contributed by atoms with van der Waals surface area (Å²) in [5.41, 5.74) is -2.25. The minimum absolute atomic E-state index is 0. The van der Waals surface area contributed by atoms with Gasteiger partial charge in [0, 0.05) is 50.7 Å². The fourth-order valence-corrected chi connectivity index (χ4v) is 6.48. The van der Waals surface area contributed by atoms with Gasteiger partial charge in [0.2, 0.25) is 11.9 Å². The van der Waals surface area contributed by atoms with Crippen molar-refractivity contribution in [3.8, 4) is 11.1 Å². The molecular weight excluding hydrogens is 625 g/mol. The number of aromatic nitrogens is 3. The van der Waals surface area contributed by atoms with E-state index in [1.807, 2.05) is 4.72 Å². The fraction of sp³-hybridized carbons (Fsp3) is 0.481. The first-order valence-corrected chi connectivity index (χ1v) is 15.5. The highest BCUT2D eigenvalue weighted by Gasteiger charge is 2.32. The minimum atomic E-state index is -4.31. The highest BCUT2D eigenvalue weighted by Crippen LogP contribution is 2.31. The molecule has 0 radical (unpaired) electrons. The number of carbonyl (C=O) groups is 1. The highest BCUT2D eigenvalue weighted by molar-refractivity contribution is 7.90. The summed E-state index contributed by atoms with van der Waals surface area (Å²) in [5.74, 6) is -2.19. The molecule has 240 valence electrons. The number of anilines is 2. The van der Waals surface area contributed by atoms with E-state index in [2.05, 4.69) is 25.9 Å². The lowest BCUT2D eigenvalue weighted by Crippen LogP contribution is -2.42. The molecule has 0 aliphatic carbocycles. The van der Waals surface area contributed by atoms with Crippen LogP contribution in [0.4, 0.5) is 24.8 Å². The first-order valence-electron chi connectivity index (χ1n) is 14.0. The summed E-state index contributed by atoms with van der Waals surface area (Å²) in [6.45, 7) is 1.72. The lowest BCUT2D eigenvalue weighted by molar-refractivity contribution is -0.122. The number of nitrogens with zero attached hydrogens (tertiary/aromatic N) is 4. The van der Waals surface area contributed by atoms with Crippen molar-refractivity contribution in [1.82, 2.24) is 29.5 Å². The number of fused-ring (bicyclic) bond motifs is 1. The van der Waals surface area contributed by atoms with Crippen LogP contribution in [0.2, 0.25) is 0 Å². The minimum Gasteiger partial charge on any atom is -0.354 e. The highest BCUT2D eigenvalue weighted by atomic mass is 35.5. The number of halogens is 4. The molecule has 2 aliphatic rings. The van der Waals surface area contributed by atoms with Crippen LogP contribution in [-0.4, -0.2) is 78.1 Å². The van der Waals surface area contributed by atoms with Crippen molar-refractivity contribution in [2.75, 3.05) is 42.8 Å². The number of alkyl halides is 1. The van der Waals surface area contributed by atoms with Gasteiger partial charge in [0.25, 0.3) is 5.56 Å². The number of hydrogen-bond donors (Lipinski definition) is 4. The maximum absolute atomic E-state index is 15.6. The molecule has 2 aliphatic heterocycles. The van der Waals surface area contributed by atoms with E-state index in [0.717, 1.165) is 46.9 Å². The van der Waals surface area contributed by atoms with E-state index < -0.39 is 44.8 Å². The number of nitrogens with one attached hydrogen (secondary N) is 4. The molecule has 2 aromatic heterocycles. The molecule has 17 heteroatoms. The topological polar surface area (TPSA) is 150 Å². The SMILES string of the molecule is Cl.Cn1c(=O)c(-c2c(F)ccc(NS(=O)(=O)N3CC[C@@H](F)C3)c2F)cc2cnc(NCCCC(=O)NC3CCNCC3)nc21. The Balaban J connectivity index is 0.00000442.